The first-order valence-electron chi connectivity index (χ1n) is 19.5. The molecule has 3 fully saturated rings. The van der Waals surface area contributed by atoms with Gasteiger partial charge in [0, 0.05) is 13.0 Å². The number of methoxy groups -OCH3 is 1. The molecule has 1 heterocycles. The number of allylic oxidation sites excluding steroid dienone is 4. The summed E-state index contributed by atoms with van der Waals surface area (Å²) in [7, 11) is 1.74. The lowest BCUT2D eigenvalue weighted by Gasteiger charge is -2.11. The Morgan fingerprint density at radius 1 is 0.688 bits per heavy atom. The fourth-order valence-electron chi connectivity index (χ4n) is 3.35. The summed E-state index contributed by atoms with van der Waals surface area (Å²) in [4.78, 5) is 10.1. The molecule has 4 nitrogen and oxygen atoms in total. The van der Waals surface area contributed by atoms with Crippen LogP contribution >= 0.6 is 0 Å². The summed E-state index contributed by atoms with van der Waals surface area (Å²) in [6.07, 6.45) is 12.6. The minimum Gasteiger partial charge on any atom is -0.393 e. The van der Waals surface area contributed by atoms with E-state index in [0.29, 0.717) is 30.1 Å². The highest BCUT2D eigenvalue weighted by Gasteiger charge is 2.36. The predicted octanol–water partition coefficient (Wildman–Crippen LogP) is 13.1. The molecule has 292 valence electrons. The van der Waals surface area contributed by atoms with Crippen LogP contribution in [0.3, 0.4) is 0 Å². The van der Waals surface area contributed by atoms with Gasteiger partial charge in [-0.3, -0.25) is 4.79 Å². The Kier molecular flexibility index (Phi) is 40.5. The van der Waals surface area contributed by atoms with Crippen LogP contribution in [-0.2, 0) is 14.3 Å². The van der Waals surface area contributed by atoms with Crippen molar-refractivity contribution in [3.63, 3.8) is 0 Å². The topological polar surface area (TPSA) is 59.1 Å². The van der Waals surface area contributed by atoms with E-state index in [2.05, 4.69) is 102 Å². The lowest BCUT2D eigenvalue weighted by atomic mass is 10.1. The van der Waals surface area contributed by atoms with E-state index in [9.17, 15) is 4.79 Å². The van der Waals surface area contributed by atoms with Crippen molar-refractivity contribution in [1.29, 1.82) is 0 Å². The molecular weight excluding hydrogens is 592 g/mol. The molecule has 2 saturated carbocycles. The molecule has 0 amide bonds. The third-order valence-corrected chi connectivity index (χ3v) is 8.95. The van der Waals surface area contributed by atoms with Crippen LogP contribution in [0.2, 0.25) is 0 Å². The maximum Gasteiger partial charge on any atom is 0.132 e. The molecule has 0 bridgehead atoms. The number of carbonyl (C=O) groups excluding carboxylic acids is 1. The molecule has 0 aromatic rings. The highest BCUT2D eigenvalue weighted by atomic mass is 16.6. The summed E-state index contributed by atoms with van der Waals surface area (Å²) in [5.74, 6) is 8.11. The van der Waals surface area contributed by atoms with Crippen molar-refractivity contribution in [1.82, 2.24) is 0 Å². The molecule has 0 spiro atoms. The zero-order valence-electron chi connectivity index (χ0n) is 37.0. The molecule has 3 rings (SSSR count). The zero-order chi connectivity index (χ0) is 39.3. The summed E-state index contributed by atoms with van der Waals surface area (Å²) in [6.45, 7) is 46.0. The van der Waals surface area contributed by atoms with Gasteiger partial charge in [-0.25, -0.2) is 0 Å². The van der Waals surface area contributed by atoms with Gasteiger partial charge in [-0.05, 0) is 115 Å². The highest BCUT2D eigenvalue weighted by molar-refractivity contribution is 5.77. The SMILES string of the molecule is C/C=C/C(C)C.C/C=C\C.CC(=O)C(C)C.CC(C)C(C)O.CC(C)C1CC1C.CC(C)C1OC1C.CC1CC1C.COC(C)C(C)C. The summed E-state index contributed by atoms with van der Waals surface area (Å²) >= 11 is 0. The second-order valence-corrected chi connectivity index (χ2v) is 16.2. The second kappa shape index (κ2) is 34.5. The number of rotatable bonds is 7. The Morgan fingerprint density at radius 2 is 1.02 bits per heavy atom. The second-order valence-electron chi connectivity index (χ2n) is 16.2. The Hall–Kier alpha value is -0.970. The third-order valence-electron chi connectivity index (χ3n) is 8.95. The van der Waals surface area contributed by atoms with Crippen LogP contribution in [0.5, 0.6) is 0 Å². The summed E-state index contributed by atoms with van der Waals surface area (Å²) < 4.78 is 10.2. The van der Waals surface area contributed by atoms with Crippen LogP contribution in [0, 0.1) is 59.2 Å². The van der Waals surface area contributed by atoms with Crippen molar-refractivity contribution in [2.75, 3.05) is 7.11 Å². The average Bonchev–Trinajstić information content (AvgIpc) is 3.94. The molecule has 48 heavy (non-hydrogen) atoms. The third kappa shape index (κ3) is 47.1. The smallest absolute Gasteiger partial charge is 0.132 e. The molecule has 1 aliphatic heterocycles. The van der Waals surface area contributed by atoms with E-state index in [1.54, 1.807) is 21.0 Å². The number of hydrogen-bond donors (Lipinski definition) is 1. The lowest BCUT2D eigenvalue weighted by Crippen LogP contribution is -2.11. The van der Waals surface area contributed by atoms with Crippen molar-refractivity contribution < 1.29 is 19.4 Å². The molecular formula is C44H92O4. The van der Waals surface area contributed by atoms with E-state index in [1.165, 1.54) is 12.8 Å². The number of ketones is 1. The van der Waals surface area contributed by atoms with Gasteiger partial charge in [-0.15, -0.1) is 0 Å². The minimum atomic E-state index is -0.148. The lowest BCUT2D eigenvalue weighted by molar-refractivity contribution is -0.119. The van der Waals surface area contributed by atoms with Gasteiger partial charge in [0.2, 0.25) is 0 Å². The van der Waals surface area contributed by atoms with Crippen molar-refractivity contribution in [3.8, 4) is 0 Å². The fourth-order valence-corrected chi connectivity index (χ4v) is 3.35. The Morgan fingerprint density at radius 3 is 1.02 bits per heavy atom. The number of ether oxygens (including phenoxy) is 2. The van der Waals surface area contributed by atoms with Crippen molar-refractivity contribution in [3.05, 3.63) is 24.3 Å². The molecule has 1 saturated heterocycles. The quantitative estimate of drug-likeness (QED) is 0.214. The average molecular weight is 685 g/mol. The van der Waals surface area contributed by atoms with E-state index >= 15 is 0 Å². The first-order valence-corrected chi connectivity index (χ1v) is 19.5. The molecule has 0 aromatic heterocycles. The molecule has 0 aromatic carbocycles. The molecule has 2 aliphatic carbocycles. The van der Waals surface area contributed by atoms with Crippen molar-refractivity contribution >= 4 is 5.78 Å². The summed E-state index contributed by atoms with van der Waals surface area (Å²) in [6, 6.07) is 0. The molecule has 0 radical (unpaired) electrons. The van der Waals surface area contributed by atoms with E-state index < -0.39 is 0 Å². The van der Waals surface area contributed by atoms with Crippen LogP contribution < -0.4 is 0 Å². The highest BCUT2D eigenvalue weighted by Crippen LogP contribution is 2.43. The molecule has 1 N–H and O–H groups in total. The van der Waals surface area contributed by atoms with E-state index in [0.717, 1.165) is 41.4 Å². The Bertz CT molecular complexity index is 685. The number of aliphatic hydroxyl groups excluding tert-OH is 1. The maximum atomic E-state index is 10.1. The number of hydrogen-bond acceptors (Lipinski definition) is 4. The van der Waals surface area contributed by atoms with Crippen LogP contribution in [0.25, 0.3) is 0 Å². The number of Topliss-reactive ketones (excluding diaryl/α,β-unsaturated/α-hetero) is 1. The number of carbonyl (C=O) groups is 1. The van der Waals surface area contributed by atoms with Gasteiger partial charge in [0.15, 0.2) is 0 Å². The van der Waals surface area contributed by atoms with E-state index in [1.807, 2.05) is 60.6 Å². The standard InChI is InChI=1S/C7H14.C6H12O.C6H14O.C6H12.C5H12O.C5H10O.C5H10.C4H8/c1-5(2)7-4-6(7)3;1-4(2)6-5(3)7-6;1-5(2)6(3)7-4;1-4-5-6(2)3;2*1-4(2)5(3)6;1-4-3-5(4)2;1-3-4-2/h5-7H,4H2,1-3H3;4-6H,1-3H3;5-6H,1-4H3;2*4-6H,1-3H3;4H,1-3H3;4-5H,3H2,1-2H3;3-4H,1-2H3/b;;;5-4+;;;;4-3-. The van der Waals surface area contributed by atoms with Crippen LogP contribution in [0.15, 0.2) is 24.3 Å². The number of aliphatic hydroxyl groups is 1. The van der Waals surface area contributed by atoms with Gasteiger partial charge in [-0.2, -0.15) is 0 Å². The zero-order valence-corrected chi connectivity index (χ0v) is 37.0. The Balaban J connectivity index is -0.000000148. The summed E-state index contributed by atoms with van der Waals surface area (Å²) in [5.41, 5.74) is 0. The number of epoxide rings is 1. The van der Waals surface area contributed by atoms with Gasteiger partial charge < -0.3 is 14.6 Å². The molecule has 3 aliphatic rings. The normalized spacial score (nSPS) is 24.1. The van der Waals surface area contributed by atoms with Gasteiger partial charge >= 0.3 is 0 Å². The van der Waals surface area contributed by atoms with Crippen LogP contribution in [0.1, 0.15) is 165 Å². The summed E-state index contributed by atoms with van der Waals surface area (Å²) in [5, 5.41) is 8.63. The molecule has 8 unspecified atom stereocenters. The van der Waals surface area contributed by atoms with E-state index in [4.69, 9.17) is 14.6 Å². The first-order chi connectivity index (χ1) is 21.9. The maximum absolute atomic E-state index is 10.1. The molecule has 8 atom stereocenters. The fraction of sp³-hybridized carbons (Fsp3) is 0.886. The minimum absolute atomic E-state index is 0.148. The van der Waals surface area contributed by atoms with Gasteiger partial charge in [0.1, 0.15) is 5.78 Å². The van der Waals surface area contributed by atoms with Crippen LogP contribution in [-0.4, -0.2) is 42.4 Å². The predicted molar refractivity (Wildman–Crippen MR) is 218 cm³/mol. The van der Waals surface area contributed by atoms with Crippen molar-refractivity contribution in [2.24, 2.45) is 59.2 Å². The largest absolute Gasteiger partial charge is 0.393 e. The van der Waals surface area contributed by atoms with E-state index in [-0.39, 0.29) is 17.8 Å². The monoisotopic (exact) mass is 685 g/mol. The van der Waals surface area contributed by atoms with Crippen LogP contribution in [0.4, 0.5) is 0 Å². The first kappa shape index (κ1) is 56.4. The van der Waals surface area contributed by atoms with Gasteiger partial charge in [0.25, 0.3) is 0 Å². The Labute approximate surface area is 304 Å². The van der Waals surface area contributed by atoms with Gasteiger partial charge in [-0.1, -0.05) is 128 Å². The molecule has 4 heteroatoms. The van der Waals surface area contributed by atoms with Crippen molar-refractivity contribution in [2.45, 2.75) is 190 Å². The van der Waals surface area contributed by atoms with Gasteiger partial charge in [0.05, 0.1) is 24.4 Å².